The SMILES string of the molecule is COc1ccc(S(=O)(=O)N(CC(=O)Nc2cccc(Cl)c2)Cc2ccccc2)c(OC)c1. The number of anilines is 1. The first-order chi connectivity index (χ1) is 15.3. The molecule has 0 radical (unpaired) electrons. The van der Waals surface area contributed by atoms with Crippen molar-refractivity contribution < 1.29 is 22.7 Å². The Bertz CT molecular complexity index is 1190. The molecule has 0 aliphatic rings. The van der Waals surface area contributed by atoms with Gasteiger partial charge in [-0.2, -0.15) is 4.31 Å². The number of methoxy groups -OCH3 is 2. The lowest BCUT2D eigenvalue weighted by atomic mass is 10.2. The highest BCUT2D eigenvalue weighted by Gasteiger charge is 2.30. The maximum atomic E-state index is 13.6. The van der Waals surface area contributed by atoms with Gasteiger partial charge in [0.15, 0.2) is 0 Å². The summed E-state index contributed by atoms with van der Waals surface area (Å²) in [6, 6.07) is 20.1. The Kier molecular flexibility index (Phi) is 7.74. The van der Waals surface area contributed by atoms with Crippen molar-refractivity contribution in [2.45, 2.75) is 11.4 Å². The van der Waals surface area contributed by atoms with Crippen molar-refractivity contribution in [3.05, 3.63) is 83.4 Å². The highest BCUT2D eigenvalue weighted by Crippen LogP contribution is 2.31. The summed E-state index contributed by atoms with van der Waals surface area (Å²) in [7, 11) is -1.24. The zero-order chi connectivity index (χ0) is 23.1. The minimum absolute atomic E-state index is 0.00131. The highest BCUT2D eigenvalue weighted by molar-refractivity contribution is 7.89. The number of nitrogens with zero attached hydrogens (tertiary/aromatic N) is 1. The third-order valence-corrected chi connectivity index (χ3v) is 6.68. The van der Waals surface area contributed by atoms with Gasteiger partial charge in [-0.1, -0.05) is 48.0 Å². The Hall–Kier alpha value is -3.07. The van der Waals surface area contributed by atoms with E-state index in [0.717, 1.165) is 9.87 Å². The summed E-state index contributed by atoms with van der Waals surface area (Å²) in [5.74, 6) is 0.0750. The molecule has 168 valence electrons. The van der Waals surface area contributed by atoms with Gasteiger partial charge < -0.3 is 14.8 Å². The van der Waals surface area contributed by atoms with Gasteiger partial charge in [-0.15, -0.1) is 0 Å². The van der Waals surface area contributed by atoms with Crippen LogP contribution in [-0.4, -0.2) is 39.4 Å². The normalized spacial score (nSPS) is 11.2. The topological polar surface area (TPSA) is 84.9 Å². The number of ether oxygens (including phenoxy) is 2. The molecule has 0 unspecified atom stereocenters. The fourth-order valence-corrected chi connectivity index (χ4v) is 4.78. The van der Waals surface area contributed by atoms with Crippen LogP contribution in [0.15, 0.2) is 77.7 Å². The Balaban J connectivity index is 1.94. The Morgan fingerprint density at radius 2 is 1.72 bits per heavy atom. The van der Waals surface area contributed by atoms with Crippen LogP contribution in [0.4, 0.5) is 5.69 Å². The fourth-order valence-electron chi connectivity index (χ4n) is 3.07. The lowest BCUT2D eigenvalue weighted by Crippen LogP contribution is -2.37. The molecule has 0 aliphatic carbocycles. The van der Waals surface area contributed by atoms with Gasteiger partial charge in [-0.05, 0) is 35.9 Å². The predicted octanol–water partition coefficient (Wildman–Crippen LogP) is 4.19. The molecule has 0 aromatic heterocycles. The number of benzene rings is 3. The first kappa shape index (κ1) is 23.6. The number of rotatable bonds is 9. The standard InChI is InChI=1S/C23H23ClN2O5S/c1-30-20-11-12-22(21(14-20)31-2)32(28,29)26(15-17-7-4-3-5-8-17)16-23(27)25-19-10-6-9-18(24)13-19/h3-14H,15-16H2,1-2H3,(H,25,27). The van der Waals surface area contributed by atoms with Gasteiger partial charge in [0, 0.05) is 23.3 Å². The van der Waals surface area contributed by atoms with Crippen molar-refractivity contribution in [2.24, 2.45) is 0 Å². The smallest absolute Gasteiger partial charge is 0.247 e. The molecule has 0 atom stereocenters. The number of amides is 1. The molecule has 0 saturated heterocycles. The van der Waals surface area contributed by atoms with Gasteiger partial charge in [0.05, 0.1) is 20.8 Å². The van der Waals surface area contributed by atoms with E-state index in [1.807, 2.05) is 6.07 Å². The number of halogens is 1. The van der Waals surface area contributed by atoms with Crippen LogP contribution in [0, 0.1) is 0 Å². The van der Waals surface area contributed by atoms with Crippen LogP contribution in [0.2, 0.25) is 5.02 Å². The molecule has 0 heterocycles. The number of carbonyl (C=O) groups excluding carboxylic acids is 1. The number of sulfonamides is 1. The minimum Gasteiger partial charge on any atom is -0.497 e. The lowest BCUT2D eigenvalue weighted by Gasteiger charge is -2.23. The van der Waals surface area contributed by atoms with E-state index in [9.17, 15) is 13.2 Å². The van der Waals surface area contributed by atoms with E-state index in [2.05, 4.69) is 5.32 Å². The van der Waals surface area contributed by atoms with Crippen molar-refractivity contribution in [1.29, 1.82) is 0 Å². The average molecular weight is 475 g/mol. The van der Waals surface area contributed by atoms with Crippen LogP contribution in [-0.2, 0) is 21.4 Å². The quantitative estimate of drug-likeness (QED) is 0.502. The molecule has 0 saturated carbocycles. The van der Waals surface area contributed by atoms with Gasteiger partial charge in [0.1, 0.15) is 16.4 Å². The summed E-state index contributed by atoms with van der Waals surface area (Å²) < 4.78 is 38.7. The molecule has 0 bridgehead atoms. The summed E-state index contributed by atoms with van der Waals surface area (Å²) in [6.07, 6.45) is 0. The van der Waals surface area contributed by atoms with E-state index in [1.54, 1.807) is 48.5 Å². The molecule has 0 spiro atoms. The van der Waals surface area contributed by atoms with Crippen molar-refractivity contribution in [3.63, 3.8) is 0 Å². The molecule has 3 aromatic rings. The van der Waals surface area contributed by atoms with Crippen molar-refractivity contribution in [2.75, 3.05) is 26.1 Å². The molecule has 0 fully saturated rings. The van der Waals surface area contributed by atoms with E-state index in [4.69, 9.17) is 21.1 Å². The largest absolute Gasteiger partial charge is 0.497 e. The summed E-state index contributed by atoms with van der Waals surface area (Å²) in [6.45, 7) is -0.403. The molecule has 3 rings (SSSR count). The molecule has 1 N–H and O–H groups in total. The van der Waals surface area contributed by atoms with Crippen LogP contribution in [0.5, 0.6) is 11.5 Å². The van der Waals surface area contributed by atoms with Gasteiger partial charge in [0.25, 0.3) is 0 Å². The number of nitrogens with one attached hydrogen (secondary N) is 1. The Morgan fingerprint density at radius 1 is 0.969 bits per heavy atom. The maximum Gasteiger partial charge on any atom is 0.247 e. The number of carbonyl (C=O) groups is 1. The Labute approximate surface area is 192 Å². The third-order valence-electron chi connectivity index (χ3n) is 4.62. The van der Waals surface area contributed by atoms with Gasteiger partial charge in [-0.3, -0.25) is 4.79 Å². The zero-order valence-electron chi connectivity index (χ0n) is 17.6. The van der Waals surface area contributed by atoms with Gasteiger partial charge >= 0.3 is 0 Å². The van der Waals surface area contributed by atoms with E-state index in [1.165, 1.54) is 32.4 Å². The second kappa shape index (κ2) is 10.5. The number of hydrogen-bond acceptors (Lipinski definition) is 5. The van der Waals surface area contributed by atoms with Crippen LogP contribution in [0.25, 0.3) is 0 Å². The minimum atomic E-state index is -4.10. The molecule has 7 nitrogen and oxygen atoms in total. The van der Waals surface area contributed by atoms with Gasteiger partial charge in [-0.25, -0.2) is 8.42 Å². The number of hydrogen-bond donors (Lipinski definition) is 1. The van der Waals surface area contributed by atoms with E-state index in [0.29, 0.717) is 16.5 Å². The van der Waals surface area contributed by atoms with Crippen molar-refractivity contribution >= 4 is 33.2 Å². The predicted molar refractivity (Wildman–Crippen MR) is 124 cm³/mol. The summed E-state index contributed by atoms with van der Waals surface area (Å²) in [5.41, 5.74) is 1.21. The van der Waals surface area contributed by atoms with E-state index < -0.39 is 22.5 Å². The second-order valence-electron chi connectivity index (χ2n) is 6.83. The zero-order valence-corrected chi connectivity index (χ0v) is 19.2. The monoisotopic (exact) mass is 474 g/mol. The van der Waals surface area contributed by atoms with Crippen molar-refractivity contribution in [3.8, 4) is 11.5 Å². The molecular weight excluding hydrogens is 452 g/mol. The van der Waals surface area contributed by atoms with E-state index >= 15 is 0 Å². The first-order valence-corrected chi connectivity index (χ1v) is 11.5. The summed E-state index contributed by atoms with van der Waals surface area (Å²) in [4.78, 5) is 12.7. The van der Waals surface area contributed by atoms with Crippen LogP contribution < -0.4 is 14.8 Å². The van der Waals surface area contributed by atoms with Crippen LogP contribution in [0.1, 0.15) is 5.56 Å². The summed E-state index contributed by atoms with van der Waals surface area (Å²) >= 11 is 5.97. The molecule has 9 heteroatoms. The van der Waals surface area contributed by atoms with E-state index in [-0.39, 0.29) is 17.2 Å². The van der Waals surface area contributed by atoms with Crippen LogP contribution in [0.3, 0.4) is 0 Å². The lowest BCUT2D eigenvalue weighted by molar-refractivity contribution is -0.116. The first-order valence-electron chi connectivity index (χ1n) is 9.65. The molecule has 32 heavy (non-hydrogen) atoms. The Morgan fingerprint density at radius 3 is 2.38 bits per heavy atom. The third kappa shape index (κ3) is 5.79. The van der Waals surface area contributed by atoms with Crippen LogP contribution >= 0.6 is 11.6 Å². The molecule has 0 aliphatic heterocycles. The molecule has 3 aromatic carbocycles. The maximum absolute atomic E-state index is 13.6. The van der Waals surface area contributed by atoms with Gasteiger partial charge in [0.2, 0.25) is 15.9 Å². The summed E-state index contributed by atoms with van der Waals surface area (Å²) in [5, 5.41) is 3.15. The molecule has 1 amide bonds. The second-order valence-corrected chi connectivity index (χ2v) is 9.18. The highest BCUT2D eigenvalue weighted by atomic mass is 35.5. The fraction of sp³-hybridized carbons (Fsp3) is 0.174. The average Bonchev–Trinajstić information content (AvgIpc) is 2.78. The van der Waals surface area contributed by atoms with Crippen molar-refractivity contribution in [1.82, 2.24) is 4.31 Å². The molecular formula is C23H23ClN2O5S.